The van der Waals surface area contributed by atoms with E-state index in [1.54, 1.807) is 0 Å². The third kappa shape index (κ3) is 3.96. The van der Waals surface area contributed by atoms with Gasteiger partial charge >= 0.3 is 0 Å². The number of anilines is 1. The van der Waals surface area contributed by atoms with Gasteiger partial charge in [0.05, 0.1) is 0 Å². The van der Waals surface area contributed by atoms with Crippen LogP contribution in [0, 0.1) is 5.92 Å². The molecule has 0 radical (unpaired) electrons. The average Bonchev–Trinajstić information content (AvgIpc) is 2.41. The maximum absolute atomic E-state index is 3.57. The van der Waals surface area contributed by atoms with Crippen molar-refractivity contribution < 1.29 is 0 Å². The molecule has 106 valence electrons. The molecule has 0 aromatic heterocycles. The fourth-order valence-electron chi connectivity index (χ4n) is 3.07. The van der Waals surface area contributed by atoms with Gasteiger partial charge in [0, 0.05) is 29.8 Å². The molecule has 3 heteroatoms. The number of rotatable bonds is 5. The lowest BCUT2D eigenvalue weighted by atomic mass is 9.92. The molecular weight excluding hydrogens is 300 g/mol. The van der Waals surface area contributed by atoms with Crippen LogP contribution in [0.3, 0.4) is 0 Å². The van der Waals surface area contributed by atoms with Crippen molar-refractivity contribution in [2.24, 2.45) is 5.92 Å². The van der Waals surface area contributed by atoms with Gasteiger partial charge in [-0.15, -0.1) is 0 Å². The van der Waals surface area contributed by atoms with Crippen molar-refractivity contribution in [1.29, 1.82) is 0 Å². The summed E-state index contributed by atoms with van der Waals surface area (Å²) in [5, 5.41) is 3.27. The number of nitrogens with one attached hydrogen (secondary N) is 1. The summed E-state index contributed by atoms with van der Waals surface area (Å²) in [4.78, 5) is 2.56. The maximum atomic E-state index is 3.57. The van der Waals surface area contributed by atoms with Gasteiger partial charge in [0.15, 0.2) is 0 Å². The Morgan fingerprint density at radius 3 is 2.68 bits per heavy atom. The SMILES string of the molecule is CCCC1CCN(c2ccc(Br)cc2CNC)CC1. The summed E-state index contributed by atoms with van der Waals surface area (Å²) >= 11 is 3.57. The Kier molecular flexibility index (Phi) is 5.71. The van der Waals surface area contributed by atoms with Crippen molar-refractivity contribution in [1.82, 2.24) is 5.32 Å². The molecule has 0 unspecified atom stereocenters. The predicted octanol–water partition coefficient (Wildman–Crippen LogP) is 4.19. The second-order valence-corrected chi connectivity index (χ2v) is 6.44. The zero-order valence-electron chi connectivity index (χ0n) is 12.1. The van der Waals surface area contributed by atoms with Crippen LogP contribution in [0.4, 0.5) is 5.69 Å². The smallest absolute Gasteiger partial charge is 0.0412 e. The molecule has 0 spiro atoms. The fraction of sp³-hybridized carbons (Fsp3) is 0.625. The van der Waals surface area contributed by atoms with Crippen LogP contribution < -0.4 is 10.2 Å². The molecule has 2 rings (SSSR count). The lowest BCUT2D eigenvalue weighted by Crippen LogP contribution is -2.34. The second kappa shape index (κ2) is 7.30. The van der Waals surface area contributed by atoms with Gasteiger partial charge in [0.25, 0.3) is 0 Å². The number of nitrogens with zero attached hydrogens (tertiary/aromatic N) is 1. The van der Waals surface area contributed by atoms with Crippen LogP contribution in [0.1, 0.15) is 38.2 Å². The third-order valence-electron chi connectivity index (χ3n) is 4.06. The molecule has 1 aliphatic rings. The van der Waals surface area contributed by atoms with E-state index in [0.717, 1.165) is 12.5 Å². The Morgan fingerprint density at radius 1 is 1.32 bits per heavy atom. The van der Waals surface area contributed by atoms with Crippen molar-refractivity contribution in [2.45, 2.75) is 39.2 Å². The van der Waals surface area contributed by atoms with E-state index < -0.39 is 0 Å². The molecule has 1 fully saturated rings. The largest absolute Gasteiger partial charge is 0.371 e. The predicted molar refractivity (Wildman–Crippen MR) is 86.8 cm³/mol. The molecule has 19 heavy (non-hydrogen) atoms. The van der Waals surface area contributed by atoms with Crippen LogP contribution in [0.2, 0.25) is 0 Å². The van der Waals surface area contributed by atoms with E-state index in [0.29, 0.717) is 0 Å². The summed E-state index contributed by atoms with van der Waals surface area (Å²) < 4.78 is 1.17. The van der Waals surface area contributed by atoms with E-state index in [1.165, 1.54) is 54.5 Å². The zero-order chi connectivity index (χ0) is 13.7. The first kappa shape index (κ1) is 14.9. The van der Waals surface area contributed by atoms with Crippen LogP contribution in [-0.4, -0.2) is 20.1 Å². The van der Waals surface area contributed by atoms with Gasteiger partial charge in [0.2, 0.25) is 0 Å². The Labute approximate surface area is 125 Å². The van der Waals surface area contributed by atoms with Crippen LogP contribution in [0.25, 0.3) is 0 Å². The van der Waals surface area contributed by atoms with E-state index in [2.05, 4.69) is 51.3 Å². The molecule has 1 aromatic rings. The Balaban J connectivity index is 2.06. The molecule has 0 saturated carbocycles. The Hall–Kier alpha value is -0.540. The van der Waals surface area contributed by atoms with Crippen molar-refractivity contribution in [3.8, 4) is 0 Å². The van der Waals surface area contributed by atoms with Gasteiger partial charge in [0.1, 0.15) is 0 Å². The topological polar surface area (TPSA) is 15.3 Å². The van der Waals surface area contributed by atoms with Crippen LogP contribution in [-0.2, 0) is 6.54 Å². The molecule has 0 aliphatic carbocycles. The van der Waals surface area contributed by atoms with Gasteiger partial charge in [-0.1, -0.05) is 35.7 Å². The number of hydrogen-bond donors (Lipinski definition) is 1. The van der Waals surface area contributed by atoms with E-state index >= 15 is 0 Å². The maximum Gasteiger partial charge on any atom is 0.0412 e. The molecule has 1 N–H and O–H groups in total. The number of hydrogen-bond acceptors (Lipinski definition) is 2. The summed E-state index contributed by atoms with van der Waals surface area (Å²) in [6.45, 7) is 5.65. The number of halogens is 1. The Bertz CT molecular complexity index is 398. The first-order chi connectivity index (χ1) is 9.24. The molecule has 1 aliphatic heterocycles. The highest BCUT2D eigenvalue weighted by molar-refractivity contribution is 9.10. The van der Waals surface area contributed by atoms with Crippen LogP contribution >= 0.6 is 15.9 Å². The summed E-state index contributed by atoms with van der Waals surface area (Å²) in [6.07, 6.45) is 5.43. The van der Waals surface area contributed by atoms with Gasteiger partial charge in [-0.25, -0.2) is 0 Å². The monoisotopic (exact) mass is 324 g/mol. The summed E-state index contributed by atoms with van der Waals surface area (Å²) in [5.41, 5.74) is 2.80. The molecular formula is C16H25BrN2. The molecule has 1 heterocycles. The summed E-state index contributed by atoms with van der Waals surface area (Å²) in [5.74, 6) is 0.949. The first-order valence-electron chi connectivity index (χ1n) is 7.42. The molecule has 1 saturated heterocycles. The molecule has 0 bridgehead atoms. The van der Waals surface area contributed by atoms with Gasteiger partial charge in [-0.3, -0.25) is 0 Å². The minimum atomic E-state index is 0.934. The van der Waals surface area contributed by atoms with Crippen LogP contribution in [0.15, 0.2) is 22.7 Å². The third-order valence-corrected chi connectivity index (χ3v) is 4.55. The minimum absolute atomic E-state index is 0.934. The standard InChI is InChI=1S/C16H25BrN2/c1-3-4-13-7-9-19(10-8-13)16-6-5-15(17)11-14(16)12-18-2/h5-6,11,13,18H,3-4,7-10,12H2,1-2H3. The highest BCUT2D eigenvalue weighted by atomic mass is 79.9. The van der Waals surface area contributed by atoms with Crippen molar-refractivity contribution in [2.75, 3.05) is 25.0 Å². The van der Waals surface area contributed by atoms with E-state index in [-0.39, 0.29) is 0 Å². The lowest BCUT2D eigenvalue weighted by Gasteiger charge is -2.35. The second-order valence-electron chi connectivity index (χ2n) is 5.52. The summed E-state index contributed by atoms with van der Waals surface area (Å²) in [7, 11) is 2.01. The quantitative estimate of drug-likeness (QED) is 0.873. The summed E-state index contributed by atoms with van der Waals surface area (Å²) in [6, 6.07) is 6.66. The zero-order valence-corrected chi connectivity index (χ0v) is 13.7. The normalized spacial score (nSPS) is 16.9. The van der Waals surface area contributed by atoms with E-state index in [4.69, 9.17) is 0 Å². The highest BCUT2D eigenvalue weighted by Crippen LogP contribution is 2.30. The van der Waals surface area contributed by atoms with Crippen LogP contribution in [0.5, 0.6) is 0 Å². The number of benzene rings is 1. The lowest BCUT2D eigenvalue weighted by molar-refractivity contribution is 0.378. The average molecular weight is 325 g/mol. The molecule has 2 nitrogen and oxygen atoms in total. The van der Waals surface area contributed by atoms with Crippen molar-refractivity contribution in [3.05, 3.63) is 28.2 Å². The Morgan fingerprint density at radius 2 is 2.05 bits per heavy atom. The van der Waals surface area contributed by atoms with Crippen molar-refractivity contribution in [3.63, 3.8) is 0 Å². The highest BCUT2D eigenvalue weighted by Gasteiger charge is 2.20. The molecule has 1 aromatic carbocycles. The van der Waals surface area contributed by atoms with Gasteiger partial charge in [-0.2, -0.15) is 0 Å². The van der Waals surface area contributed by atoms with Crippen molar-refractivity contribution >= 4 is 21.6 Å². The molecule has 0 atom stereocenters. The van der Waals surface area contributed by atoms with Gasteiger partial charge < -0.3 is 10.2 Å². The molecule has 0 amide bonds. The number of piperidine rings is 1. The fourth-order valence-corrected chi connectivity index (χ4v) is 3.47. The van der Waals surface area contributed by atoms with E-state index in [1.807, 2.05) is 7.05 Å². The first-order valence-corrected chi connectivity index (χ1v) is 8.22. The van der Waals surface area contributed by atoms with Gasteiger partial charge in [-0.05, 0) is 49.6 Å². The van der Waals surface area contributed by atoms with E-state index in [9.17, 15) is 0 Å². The minimum Gasteiger partial charge on any atom is -0.371 e.